The van der Waals surface area contributed by atoms with Crippen LogP contribution in [0.4, 0.5) is 5.69 Å². The first kappa shape index (κ1) is 15.1. The van der Waals surface area contributed by atoms with Crippen molar-refractivity contribution in [2.75, 3.05) is 7.11 Å². The molecule has 0 aromatic heterocycles. The quantitative estimate of drug-likeness (QED) is 0.367. The van der Waals surface area contributed by atoms with Crippen molar-refractivity contribution >= 4 is 25.8 Å². The Morgan fingerprint density at radius 3 is 2.42 bits per heavy atom. The first-order chi connectivity index (χ1) is 8.73. The van der Waals surface area contributed by atoms with Crippen molar-refractivity contribution in [1.82, 2.24) is 0 Å². The van der Waals surface area contributed by atoms with Crippen LogP contribution in [-0.2, 0) is 4.74 Å². The second-order valence-electron chi connectivity index (χ2n) is 5.26. The van der Waals surface area contributed by atoms with E-state index in [0.29, 0.717) is 5.56 Å². The lowest BCUT2D eigenvalue weighted by atomic mass is 10.1. The van der Waals surface area contributed by atoms with E-state index in [9.17, 15) is 14.9 Å². The fourth-order valence-electron chi connectivity index (χ4n) is 1.42. The Labute approximate surface area is 113 Å². The zero-order valence-corrected chi connectivity index (χ0v) is 12.5. The maximum atomic E-state index is 11.5. The molecule has 0 bridgehead atoms. The van der Waals surface area contributed by atoms with Gasteiger partial charge in [0.15, 0.2) is 0 Å². The molecule has 0 aliphatic heterocycles. The van der Waals surface area contributed by atoms with Crippen LogP contribution in [0.5, 0.6) is 0 Å². The molecule has 0 aliphatic carbocycles. The number of nitrogens with zero attached hydrogens (tertiary/aromatic N) is 1. The molecule has 1 aromatic rings. The van der Waals surface area contributed by atoms with Crippen molar-refractivity contribution < 1.29 is 14.5 Å². The van der Waals surface area contributed by atoms with E-state index in [2.05, 4.69) is 30.1 Å². The molecule has 0 spiro atoms. The maximum Gasteiger partial charge on any atom is 0.338 e. The van der Waals surface area contributed by atoms with E-state index < -0.39 is 19.0 Å². The average Bonchev–Trinajstić information content (AvgIpc) is 2.34. The summed E-state index contributed by atoms with van der Waals surface area (Å²) in [6.07, 6.45) is 1.83. The summed E-state index contributed by atoms with van der Waals surface area (Å²) in [5.41, 5.74) is 2.77. The molecule has 0 saturated heterocycles. The van der Waals surface area contributed by atoms with E-state index in [4.69, 9.17) is 0 Å². The summed E-state index contributed by atoms with van der Waals surface area (Å²) in [6.45, 7) is 6.46. The molecule has 102 valence electrons. The number of methoxy groups -OCH3 is 1. The largest absolute Gasteiger partial charge is 0.465 e. The van der Waals surface area contributed by atoms with Crippen molar-refractivity contribution in [3.8, 4) is 0 Å². The Balaban J connectivity index is 3.25. The first-order valence-corrected chi connectivity index (χ1v) is 9.38. The minimum absolute atomic E-state index is 0.113. The summed E-state index contributed by atoms with van der Waals surface area (Å²) < 4.78 is 4.59. The van der Waals surface area contributed by atoms with Crippen LogP contribution in [0.2, 0.25) is 19.6 Å². The third kappa shape index (κ3) is 4.67. The van der Waals surface area contributed by atoms with E-state index in [1.165, 1.54) is 19.2 Å². The molecule has 0 aliphatic rings. The van der Waals surface area contributed by atoms with Crippen molar-refractivity contribution in [2.24, 2.45) is 0 Å². The third-order valence-corrected chi connectivity index (χ3v) is 3.51. The van der Waals surface area contributed by atoms with Gasteiger partial charge in [0, 0.05) is 12.1 Å². The van der Waals surface area contributed by atoms with Gasteiger partial charge in [-0.05, 0) is 11.6 Å². The van der Waals surface area contributed by atoms with E-state index in [1.807, 2.05) is 6.08 Å². The predicted molar refractivity (Wildman–Crippen MR) is 76.8 cm³/mol. The van der Waals surface area contributed by atoms with Crippen LogP contribution in [0.15, 0.2) is 23.9 Å². The molecule has 0 fully saturated rings. The lowest BCUT2D eigenvalue weighted by Gasteiger charge is -2.08. The Hall–Kier alpha value is -1.95. The predicted octanol–water partition coefficient (Wildman–Crippen LogP) is 3.27. The van der Waals surface area contributed by atoms with Gasteiger partial charge in [0.05, 0.1) is 25.7 Å². The van der Waals surface area contributed by atoms with Crippen LogP contribution in [0.3, 0.4) is 0 Å². The van der Waals surface area contributed by atoms with Crippen molar-refractivity contribution in [2.45, 2.75) is 19.6 Å². The monoisotopic (exact) mass is 279 g/mol. The normalized spacial score (nSPS) is 11.6. The molecule has 19 heavy (non-hydrogen) atoms. The standard InChI is InChI=1S/C13H17NO4Si/c1-18-13(15)11-7-10(5-6-19(2,3)4)8-12(9-11)14(16)17/h5-9H,1-4H3. The zero-order valence-electron chi connectivity index (χ0n) is 11.5. The van der Waals surface area contributed by atoms with Crippen LogP contribution < -0.4 is 0 Å². The first-order valence-electron chi connectivity index (χ1n) is 5.80. The van der Waals surface area contributed by atoms with Crippen LogP contribution >= 0.6 is 0 Å². The van der Waals surface area contributed by atoms with Gasteiger partial charge in [-0.25, -0.2) is 4.79 Å². The lowest BCUT2D eigenvalue weighted by molar-refractivity contribution is -0.384. The summed E-state index contributed by atoms with van der Waals surface area (Å²) in [4.78, 5) is 21.8. The van der Waals surface area contributed by atoms with Crippen LogP contribution in [0, 0.1) is 10.1 Å². The van der Waals surface area contributed by atoms with Gasteiger partial charge >= 0.3 is 5.97 Å². The van der Waals surface area contributed by atoms with E-state index in [-0.39, 0.29) is 11.3 Å². The number of benzene rings is 1. The Morgan fingerprint density at radius 2 is 1.95 bits per heavy atom. The summed E-state index contributed by atoms with van der Waals surface area (Å²) in [7, 11) is -0.155. The number of carbonyl (C=O) groups is 1. The van der Waals surface area contributed by atoms with Crippen LogP contribution in [-0.4, -0.2) is 26.1 Å². The van der Waals surface area contributed by atoms with E-state index in [1.54, 1.807) is 6.07 Å². The van der Waals surface area contributed by atoms with Crippen LogP contribution in [0.25, 0.3) is 6.08 Å². The Kier molecular flexibility index (Phi) is 4.60. The molecule has 0 atom stereocenters. The van der Waals surface area contributed by atoms with Gasteiger partial charge in [0.25, 0.3) is 5.69 Å². The molecule has 6 heteroatoms. The molecule has 0 unspecified atom stereocenters. The summed E-state index contributed by atoms with van der Waals surface area (Å²) >= 11 is 0. The smallest absolute Gasteiger partial charge is 0.338 e. The van der Waals surface area contributed by atoms with Crippen molar-refractivity contribution in [1.29, 1.82) is 0 Å². The molecule has 0 N–H and O–H groups in total. The average molecular weight is 279 g/mol. The highest BCUT2D eigenvalue weighted by atomic mass is 28.3. The lowest BCUT2D eigenvalue weighted by Crippen LogP contribution is -2.15. The van der Waals surface area contributed by atoms with Gasteiger partial charge in [0.1, 0.15) is 0 Å². The molecule has 0 saturated carbocycles. The molecule has 0 heterocycles. The summed E-state index contributed by atoms with van der Waals surface area (Å²) in [5.74, 6) is -0.577. The Morgan fingerprint density at radius 1 is 1.32 bits per heavy atom. The van der Waals surface area contributed by atoms with Gasteiger partial charge in [-0.1, -0.05) is 31.4 Å². The summed E-state index contributed by atoms with van der Waals surface area (Å²) in [6, 6.07) is 4.26. The number of esters is 1. The van der Waals surface area contributed by atoms with Gasteiger partial charge in [-0.15, -0.1) is 0 Å². The van der Waals surface area contributed by atoms with E-state index in [0.717, 1.165) is 0 Å². The topological polar surface area (TPSA) is 69.4 Å². The zero-order chi connectivity index (χ0) is 14.6. The van der Waals surface area contributed by atoms with Gasteiger partial charge in [-0.3, -0.25) is 10.1 Å². The maximum absolute atomic E-state index is 11.5. The van der Waals surface area contributed by atoms with Crippen molar-refractivity contribution in [3.63, 3.8) is 0 Å². The number of non-ortho nitro benzene ring substituents is 1. The number of nitro benzene ring substituents is 1. The second-order valence-corrected chi connectivity index (χ2v) is 10.3. The molecule has 5 nitrogen and oxygen atoms in total. The molecule has 0 amide bonds. The second kappa shape index (κ2) is 5.79. The fraction of sp³-hybridized carbons (Fsp3) is 0.308. The molecule has 1 rings (SSSR count). The highest BCUT2D eigenvalue weighted by Gasteiger charge is 2.14. The van der Waals surface area contributed by atoms with Gasteiger partial charge in [-0.2, -0.15) is 0 Å². The third-order valence-electron chi connectivity index (χ3n) is 2.35. The highest BCUT2D eigenvalue weighted by Crippen LogP contribution is 2.20. The van der Waals surface area contributed by atoms with Gasteiger partial charge < -0.3 is 4.74 Å². The number of hydrogen-bond donors (Lipinski definition) is 0. The highest BCUT2D eigenvalue weighted by molar-refractivity contribution is 6.81. The van der Waals surface area contributed by atoms with Crippen molar-refractivity contribution in [3.05, 3.63) is 45.1 Å². The molecule has 1 aromatic carbocycles. The number of carbonyl (C=O) groups excluding carboxylic acids is 1. The fourth-order valence-corrected chi connectivity index (χ4v) is 2.11. The summed E-state index contributed by atoms with van der Waals surface area (Å²) in [5, 5.41) is 10.9. The van der Waals surface area contributed by atoms with Crippen LogP contribution in [0.1, 0.15) is 15.9 Å². The minimum atomic E-state index is -1.40. The Bertz CT molecular complexity index is 532. The minimum Gasteiger partial charge on any atom is -0.465 e. The number of hydrogen-bond acceptors (Lipinski definition) is 4. The molecule has 0 radical (unpaired) electrons. The number of ether oxygens (including phenoxy) is 1. The number of nitro groups is 1. The molecular formula is C13H17NO4Si. The van der Waals surface area contributed by atoms with Gasteiger partial charge in [0.2, 0.25) is 0 Å². The SMILES string of the molecule is COC(=O)c1cc(C=C[Si](C)(C)C)cc([N+](=O)[O-])c1. The molecular weight excluding hydrogens is 262 g/mol. The van der Waals surface area contributed by atoms with E-state index >= 15 is 0 Å². The number of rotatable bonds is 4.